The van der Waals surface area contributed by atoms with E-state index in [0.29, 0.717) is 0 Å². The molecule has 0 spiro atoms. The molecule has 1 aliphatic carbocycles. The molecule has 1 saturated carbocycles. The number of sulfonamides is 1. The van der Waals surface area contributed by atoms with E-state index >= 15 is 0 Å². The molecule has 0 aliphatic heterocycles. The van der Waals surface area contributed by atoms with E-state index in [9.17, 15) is 12.8 Å². The molecule has 0 radical (unpaired) electrons. The SMILES string of the molecule is CC(CN)(NS(=O)(=O)c1cccc(Cl)c1F)C1CC1.Cl. The van der Waals surface area contributed by atoms with Gasteiger partial charge in [-0.25, -0.2) is 17.5 Å². The lowest BCUT2D eigenvalue weighted by molar-refractivity contribution is 0.373. The number of hydrogen-bond donors (Lipinski definition) is 2. The monoisotopic (exact) mass is 342 g/mol. The summed E-state index contributed by atoms with van der Waals surface area (Å²) in [6.07, 6.45) is 1.85. The highest BCUT2D eigenvalue weighted by molar-refractivity contribution is 7.89. The highest BCUT2D eigenvalue weighted by Gasteiger charge is 2.43. The molecule has 4 nitrogen and oxygen atoms in total. The van der Waals surface area contributed by atoms with Gasteiger partial charge in [0.1, 0.15) is 4.90 Å². The Balaban J connectivity index is 0.00000200. The van der Waals surface area contributed by atoms with Crippen LogP contribution in [0.3, 0.4) is 0 Å². The van der Waals surface area contributed by atoms with Crippen molar-refractivity contribution >= 4 is 34.0 Å². The lowest BCUT2D eigenvalue weighted by atomic mass is 9.98. The Morgan fingerprint density at radius 3 is 2.60 bits per heavy atom. The summed E-state index contributed by atoms with van der Waals surface area (Å²) in [5.41, 5.74) is 4.91. The van der Waals surface area contributed by atoms with Gasteiger partial charge in [-0.05, 0) is 37.8 Å². The smallest absolute Gasteiger partial charge is 0.244 e. The van der Waals surface area contributed by atoms with Crippen LogP contribution in [0.15, 0.2) is 23.1 Å². The number of rotatable bonds is 5. The van der Waals surface area contributed by atoms with Crippen molar-refractivity contribution in [3.05, 3.63) is 29.0 Å². The molecule has 3 N–H and O–H groups in total. The minimum absolute atomic E-state index is 0. The summed E-state index contributed by atoms with van der Waals surface area (Å²) in [6, 6.07) is 3.89. The van der Waals surface area contributed by atoms with Gasteiger partial charge < -0.3 is 5.73 Å². The van der Waals surface area contributed by atoms with Gasteiger partial charge >= 0.3 is 0 Å². The molecule has 0 saturated heterocycles. The molecule has 1 aromatic rings. The summed E-state index contributed by atoms with van der Waals surface area (Å²) in [5.74, 6) is -0.735. The van der Waals surface area contributed by atoms with Gasteiger partial charge in [-0.2, -0.15) is 0 Å². The van der Waals surface area contributed by atoms with E-state index in [1.54, 1.807) is 6.92 Å². The van der Waals surface area contributed by atoms with Crippen molar-refractivity contribution in [2.24, 2.45) is 11.7 Å². The molecule has 2 rings (SSSR count). The molecule has 20 heavy (non-hydrogen) atoms. The molecule has 0 amide bonds. The molecule has 0 aromatic heterocycles. The quantitative estimate of drug-likeness (QED) is 0.862. The second-order valence-corrected chi connectivity index (χ2v) is 7.11. The van der Waals surface area contributed by atoms with E-state index in [0.717, 1.165) is 12.8 Å². The van der Waals surface area contributed by atoms with E-state index in [1.165, 1.54) is 18.2 Å². The summed E-state index contributed by atoms with van der Waals surface area (Å²) in [5, 5.41) is -0.219. The predicted molar refractivity (Wildman–Crippen MR) is 79.2 cm³/mol. The topological polar surface area (TPSA) is 72.2 Å². The van der Waals surface area contributed by atoms with Crippen molar-refractivity contribution in [3.63, 3.8) is 0 Å². The number of benzene rings is 1. The van der Waals surface area contributed by atoms with Crippen LogP contribution in [0.4, 0.5) is 4.39 Å². The third kappa shape index (κ3) is 3.43. The summed E-state index contributed by atoms with van der Waals surface area (Å²) in [7, 11) is -3.98. The minimum atomic E-state index is -3.98. The second-order valence-electron chi connectivity index (χ2n) is 5.05. The lowest BCUT2D eigenvalue weighted by Crippen LogP contribution is -2.53. The van der Waals surface area contributed by atoms with Crippen molar-refractivity contribution in [3.8, 4) is 0 Å². The van der Waals surface area contributed by atoms with Gasteiger partial charge in [-0.15, -0.1) is 12.4 Å². The zero-order valence-corrected chi connectivity index (χ0v) is 13.3. The average molecular weight is 343 g/mol. The van der Waals surface area contributed by atoms with E-state index in [-0.39, 0.29) is 29.9 Å². The average Bonchev–Trinajstić information content (AvgIpc) is 3.16. The van der Waals surface area contributed by atoms with Crippen molar-refractivity contribution in [2.75, 3.05) is 6.54 Å². The van der Waals surface area contributed by atoms with Gasteiger partial charge in [0, 0.05) is 12.1 Å². The first-order valence-electron chi connectivity index (χ1n) is 5.98. The van der Waals surface area contributed by atoms with Crippen molar-refractivity contribution in [1.29, 1.82) is 0 Å². The summed E-state index contributed by atoms with van der Waals surface area (Å²) in [4.78, 5) is -0.444. The zero-order chi connectivity index (χ0) is 14.3. The van der Waals surface area contributed by atoms with Crippen molar-refractivity contribution < 1.29 is 12.8 Å². The largest absolute Gasteiger partial charge is 0.329 e. The number of hydrogen-bond acceptors (Lipinski definition) is 3. The maximum atomic E-state index is 13.8. The van der Waals surface area contributed by atoms with Crippen molar-refractivity contribution in [1.82, 2.24) is 4.72 Å². The Kier molecular flexibility index (Phi) is 5.43. The molecular formula is C12H17Cl2FN2O2S. The molecule has 0 heterocycles. The first-order chi connectivity index (χ1) is 8.80. The second kappa shape index (κ2) is 6.15. The van der Waals surface area contributed by atoms with Crippen molar-refractivity contribution in [2.45, 2.75) is 30.2 Å². The molecule has 1 aliphatic rings. The van der Waals surface area contributed by atoms with Crippen LogP contribution in [0.5, 0.6) is 0 Å². The van der Waals surface area contributed by atoms with Gasteiger partial charge in [0.05, 0.1) is 5.02 Å². The summed E-state index contributed by atoms with van der Waals surface area (Å²) in [6.45, 7) is 1.91. The Hall–Kier alpha value is -0.400. The Morgan fingerprint density at radius 1 is 1.50 bits per heavy atom. The first-order valence-corrected chi connectivity index (χ1v) is 7.84. The fraction of sp³-hybridized carbons (Fsp3) is 0.500. The lowest BCUT2D eigenvalue weighted by Gasteiger charge is -2.29. The van der Waals surface area contributed by atoms with Crippen LogP contribution in [-0.2, 0) is 10.0 Å². The summed E-state index contributed by atoms with van der Waals surface area (Å²) < 4.78 is 40.8. The van der Waals surface area contributed by atoms with Gasteiger partial charge in [-0.3, -0.25) is 0 Å². The Labute approximate surface area is 129 Å². The Bertz CT molecular complexity index is 593. The van der Waals surface area contributed by atoms with Crippen LogP contribution in [0.2, 0.25) is 5.02 Å². The van der Waals surface area contributed by atoms with Crippen LogP contribution < -0.4 is 10.5 Å². The molecular weight excluding hydrogens is 326 g/mol. The van der Waals surface area contributed by atoms with Gasteiger partial charge in [0.2, 0.25) is 10.0 Å². The summed E-state index contributed by atoms with van der Waals surface area (Å²) >= 11 is 5.61. The predicted octanol–water partition coefficient (Wildman–Crippen LogP) is 2.31. The van der Waals surface area contributed by atoms with E-state index in [4.69, 9.17) is 17.3 Å². The van der Waals surface area contributed by atoms with Crippen LogP contribution in [0.25, 0.3) is 0 Å². The fourth-order valence-electron chi connectivity index (χ4n) is 2.07. The molecule has 1 atom stereocenters. The standard InChI is InChI=1S/C12H16ClFN2O2S.ClH/c1-12(7-15,8-5-6-8)16-19(17,18)10-4-2-3-9(13)11(10)14;/h2-4,8,16H,5-7,15H2,1H3;1H. The molecule has 114 valence electrons. The first kappa shape index (κ1) is 17.7. The van der Waals surface area contributed by atoms with Gasteiger partial charge in [0.15, 0.2) is 5.82 Å². The molecule has 1 fully saturated rings. The van der Waals surface area contributed by atoms with Crippen LogP contribution in [-0.4, -0.2) is 20.5 Å². The van der Waals surface area contributed by atoms with E-state index in [2.05, 4.69) is 4.72 Å². The highest BCUT2D eigenvalue weighted by atomic mass is 35.5. The van der Waals surface area contributed by atoms with E-state index in [1.807, 2.05) is 0 Å². The normalized spacial score (nSPS) is 18.2. The number of halogens is 3. The molecule has 0 bridgehead atoms. The third-order valence-electron chi connectivity index (χ3n) is 3.48. The van der Waals surface area contributed by atoms with Gasteiger partial charge in [-0.1, -0.05) is 17.7 Å². The van der Waals surface area contributed by atoms with Crippen LogP contribution in [0.1, 0.15) is 19.8 Å². The van der Waals surface area contributed by atoms with Crippen LogP contribution in [0, 0.1) is 11.7 Å². The molecule has 1 unspecified atom stereocenters. The Morgan fingerprint density at radius 2 is 2.10 bits per heavy atom. The number of nitrogens with one attached hydrogen (secondary N) is 1. The maximum absolute atomic E-state index is 13.8. The molecule has 1 aromatic carbocycles. The fourth-order valence-corrected chi connectivity index (χ4v) is 3.87. The zero-order valence-electron chi connectivity index (χ0n) is 10.9. The van der Waals surface area contributed by atoms with Gasteiger partial charge in [0.25, 0.3) is 0 Å². The molecule has 8 heteroatoms. The minimum Gasteiger partial charge on any atom is -0.329 e. The highest BCUT2D eigenvalue weighted by Crippen LogP contribution is 2.40. The third-order valence-corrected chi connectivity index (χ3v) is 5.40. The maximum Gasteiger partial charge on any atom is 0.244 e. The van der Waals surface area contributed by atoms with E-state index < -0.39 is 26.3 Å². The van der Waals surface area contributed by atoms with Crippen LogP contribution >= 0.6 is 24.0 Å². The number of nitrogens with two attached hydrogens (primary N) is 1.